The molecule has 0 bridgehead atoms. The average Bonchev–Trinajstić information content (AvgIpc) is 2.02. The van der Waals surface area contributed by atoms with Crippen LogP contribution in [-0.4, -0.2) is 6.26 Å². The maximum Gasteiger partial charge on any atom is 0.0869 e. The Morgan fingerprint density at radius 2 is 1.69 bits per heavy atom. The lowest BCUT2D eigenvalue weighted by Crippen LogP contribution is -1.95. The van der Waals surface area contributed by atoms with Crippen molar-refractivity contribution in [3.8, 4) is 0 Å². The van der Waals surface area contributed by atoms with E-state index in [2.05, 4.69) is 32.9 Å². The van der Waals surface area contributed by atoms with Gasteiger partial charge < -0.3 is 4.18 Å². The summed E-state index contributed by atoms with van der Waals surface area (Å²) in [5, 5.41) is 0. The highest BCUT2D eigenvalue weighted by molar-refractivity contribution is 7.93. The molecule has 1 nitrogen and oxygen atoms in total. The minimum Gasteiger partial charge on any atom is -0.311 e. The molecule has 0 fully saturated rings. The topological polar surface area (TPSA) is 9.23 Å². The Balaban J connectivity index is 2.92. The Kier molecular flexibility index (Phi) is 3.82. The Morgan fingerprint density at radius 3 is 2.15 bits per heavy atom. The van der Waals surface area contributed by atoms with E-state index in [1.54, 1.807) is 0 Å². The van der Waals surface area contributed by atoms with E-state index >= 15 is 0 Å². The molecule has 0 radical (unpaired) electrons. The van der Waals surface area contributed by atoms with E-state index in [1.807, 2.05) is 6.26 Å². The molecular weight excluding hydrogens is 180 g/mol. The highest BCUT2D eigenvalue weighted by Crippen LogP contribution is 2.18. The quantitative estimate of drug-likeness (QED) is 0.685. The zero-order chi connectivity index (χ0) is 9.84. The molecule has 0 aromatic heterocycles. The van der Waals surface area contributed by atoms with Crippen molar-refractivity contribution in [2.24, 2.45) is 0 Å². The van der Waals surface area contributed by atoms with Crippen molar-refractivity contribution in [2.45, 2.75) is 27.4 Å². The highest BCUT2D eigenvalue weighted by Gasteiger charge is 2.03. The minimum absolute atomic E-state index is 0.707. The van der Waals surface area contributed by atoms with Gasteiger partial charge in [0.1, 0.15) is 0 Å². The van der Waals surface area contributed by atoms with Crippen LogP contribution in [0.4, 0.5) is 0 Å². The van der Waals surface area contributed by atoms with Crippen LogP contribution in [0.1, 0.15) is 22.3 Å². The van der Waals surface area contributed by atoms with Crippen LogP contribution in [0.25, 0.3) is 0 Å². The van der Waals surface area contributed by atoms with Crippen molar-refractivity contribution in [1.82, 2.24) is 0 Å². The van der Waals surface area contributed by atoms with E-state index in [9.17, 15) is 0 Å². The second-order valence-electron chi connectivity index (χ2n) is 3.31. The predicted molar refractivity (Wildman–Crippen MR) is 59.0 cm³/mol. The summed E-state index contributed by atoms with van der Waals surface area (Å²) in [6.45, 7) is 7.11. The molecule has 13 heavy (non-hydrogen) atoms. The zero-order valence-electron chi connectivity index (χ0n) is 8.68. The second-order valence-corrected chi connectivity index (χ2v) is 3.88. The summed E-state index contributed by atoms with van der Waals surface area (Å²) in [5.74, 6) is 0. The molecule has 0 unspecified atom stereocenters. The van der Waals surface area contributed by atoms with Gasteiger partial charge in [-0.3, -0.25) is 0 Å². The largest absolute Gasteiger partial charge is 0.311 e. The molecule has 1 aromatic carbocycles. The predicted octanol–water partition coefficient (Wildman–Crippen LogP) is 3.41. The van der Waals surface area contributed by atoms with Crippen molar-refractivity contribution in [1.29, 1.82) is 0 Å². The van der Waals surface area contributed by atoms with Crippen LogP contribution in [0.15, 0.2) is 12.1 Å². The number of aryl methyl sites for hydroxylation is 3. The molecule has 0 aliphatic heterocycles. The van der Waals surface area contributed by atoms with Gasteiger partial charge >= 0.3 is 0 Å². The normalized spacial score (nSPS) is 10.5. The molecule has 0 aliphatic rings. The fraction of sp³-hybridized carbons (Fsp3) is 0.455. The molecule has 0 atom stereocenters. The fourth-order valence-electron chi connectivity index (χ4n) is 1.56. The van der Waals surface area contributed by atoms with Gasteiger partial charge in [-0.2, -0.15) is 0 Å². The van der Waals surface area contributed by atoms with Crippen LogP contribution in [0.3, 0.4) is 0 Å². The maximum atomic E-state index is 5.34. The van der Waals surface area contributed by atoms with Gasteiger partial charge in [-0.25, -0.2) is 0 Å². The summed E-state index contributed by atoms with van der Waals surface area (Å²) in [5.41, 5.74) is 5.29. The zero-order valence-corrected chi connectivity index (χ0v) is 9.49. The first kappa shape index (κ1) is 10.6. The van der Waals surface area contributed by atoms with Crippen molar-refractivity contribution >= 4 is 12.0 Å². The van der Waals surface area contributed by atoms with Gasteiger partial charge in [0.2, 0.25) is 0 Å². The molecular formula is C11H16OS. The van der Waals surface area contributed by atoms with Gasteiger partial charge in [0.05, 0.1) is 6.61 Å². The number of hydrogen-bond donors (Lipinski definition) is 0. The molecule has 0 aliphatic carbocycles. The van der Waals surface area contributed by atoms with Crippen LogP contribution in [0, 0.1) is 20.8 Å². The molecule has 0 spiro atoms. The molecule has 0 amide bonds. The van der Waals surface area contributed by atoms with Gasteiger partial charge in [0, 0.05) is 6.26 Å². The number of hydrogen-bond acceptors (Lipinski definition) is 2. The molecule has 0 saturated carbocycles. The Morgan fingerprint density at radius 1 is 1.15 bits per heavy atom. The number of benzene rings is 1. The molecule has 1 rings (SSSR count). The van der Waals surface area contributed by atoms with E-state index in [4.69, 9.17) is 4.18 Å². The maximum absolute atomic E-state index is 5.34. The standard InChI is InChI=1S/C11H16OS/c1-8-5-9(2)11(7-12-13-4)10(3)6-8/h5-6H,7H2,1-4H3. The molecule has 1 aromatic rings. The van der Waals surface area contributed by atoms with Gasteiger partial charge in [-0.1, -0.05) is 17.7 Å². The SMILES string of the molecule is CSOCc1c(C)cc(C)cc1C. The molecule has 0 saturated heterocycles. The van der Waals surface area contributed by atoms with Gasteiger partial charge in [0.25, 0.3) is 0 Å². The van der Waals surface area contributed by atoms with Crippen molar-refractivity contribution in [2.75, 3.05) is 6.26 Å². The third-order valence-corrected chi connectivity index (χ3v) is 2.52. The first-order chi connectivity index (χ1) is 6.15. The molecule has 72 valence electrons. The third kappa shape index (κ3) is 2.75. The smallest absolute Gasteiger partial charge is 0.0869 e. The summed E-state index contributed by atoms with van der Waals surface area (Å²) < 4.78 is 5.34. The Hall–Kier alpha value is -0.470. The average molecular weight is 196 g/mol. The first-order valence-electron chi connectivity index (χ1n) is 4.37. The van der Waals surface area contributed by atoms with E-state index < -0.39 is 0 Å². The van der Waals surface area contributed by atoms with E-state index in [1.165, 1.54) is 34.3 Å². The third-order valence-electron chi connectivity index (χ3n) is 2.16. The highest BCUT2D eigenvalue weighted by atomic mass is 32.2. The van der Waals surface area contributed by atoms with Gasteiger partial charge in [-0.15, -0.1) is 0 Å². The second kappa shape index (κ2) is 4.68. The Labute approximate surface area is 84.7 Å². The lowest BCUT2D eigenvalue weighted by Gasteiger charge is -2.10. The van der Waals surface area contributed by atoms with E-state index in [-0.39, 0.29) is 0 Å². The van der Waals surface area contributed by atoms with Crippen LogP contribution < -0.4 is 0 Å². The van der Waals surface area contributed by atoms with Crippen molar-refractivity contribution in [3.05, 3.63) is 34.4 Å². The van der Waals surface area contributed by atoms with Crippen LogP contribution >= 0.6 is 12.0 Å². The Bertz CT molecular complexity index is 271. The molecule has 2 heteroatoms. The minimum atomic E-state index is 0.707. The summed E-state index contributed by atoms with van der Waals surface area (Å²) >= 11 is 1.42. The van der Waals surface area contributed by atoms with Gasteiger partial charge in [0.15, 0.2) is 0 Å². The molecule has 0 heterocycles. The number of rotatable bonds is 3. The summed E-state index contributed by atoms with van der Waals surface area (Å²) in [4.78, 5) is 0. The van der Waals surface area contributed by atoms with Crippen LogP contribution in [-0.2, 0) is 10.8 Å². The molecule has 0 N–H and O–H groups in total. The fourth-order valence-corrected chi connectivity index (χ4v) is 1.79. The van der Waals surface area contributed by atoms with Crippen LogP contribution in [0.2, 0.25) is 0 Å². The lowest BCUT2D eigenvalue weighted by molar-refractivity contribution is 0.364. The van der Waals surface area contributed by atoms with Crippen molar-refractivity contribution in [3.63, 3.8) is 0 Å². The van der Waals surface area contributed by atoms with Crippen LogP contribution in [0.5, 0.6) is 0 Å². The first-order valence-corrected chi connectivity index (χ1v) is 5.52. The van der Waals surface area contributed by atoms with Crippen molar-refractivity contribution < 1.29 is 4.18 Å². The summed E-state index contributed by atoms with van der Waals surface area (Å²) in [6.07, 6.45) is 1.94. The van der Waals surface area contributed by atoms with E-state index in [0.29, 0.717) is 6.61 Å². The summed E-state index contributed by atoms with van der Waals surface area (Å²) in [6, 6.07) is 4.40. The summed E-state index contributed by atoms with van der Waals surface area (Å²) in [7, 11) is 0. The monoisotopic (exact) mass is 196 g/mol. The van der Waals surface area contributed by atoms with Gasteiger partial charge in [-0.05, 0) is 49.5 Å². The van der Waals surface area contributed by atoms with E-state index in [0.717, 1.165) is 0 Å². The lowest BCUT2D eigenvalue weighted by atomic mass is 10.0.